The topological polar surface area (TPSA) is 171 Å². The number of aromatic hydroxyl groups is 1. The zero-order chi connectivity index (χ0) is 34.3. The Hall–Kier alpha value is -3.63. The first-order valence-corrected chi connectivity index (χ1v) is 17.3. The maximum Gasteiger partial charge on any atom is 0.315 e. The Morgan fingerprint density at radius 3 is 2.28 bits per heavy atom. The third-order valence-electron chi connectivity index (χ3n) is 11.5. The summed E-state index contributed by atoms with van der Waals surface area (Å²) in [5, 5.41) is 19.1. The van der Waals surface area contributed by atoms with E-state index < -0.39 is 52.7 Å². The number of nitrogens with two attached hydrogens (primary N) is 1. The lowest BCUT2D eigenvalue weighted by Crippen LogP contribution is -2.63. The van der Waals surface area contributed by atoms with Gasteiger partial charge in [-0.05, 0) is 72.0 Å². The Bertz CT molecular complexity index is 1390. The molecule has 0 bridgehead atoms. The van der Waals surface area contributed by atoms with Crippen molar-refractivity contribution in [2.75, 3.05) is 6.54 Å². The van der Waals surface area contributed by atoms with Crippen LogP contribution in [0.25, 0.3) is 0 Å². The van der Waals surface area contributed by atoms with Gasteiger partial charge >= 0.3 is 6.03 Å². The van der Waals surface area contributed by atoms with Crippen LogP contribution in [-0.2, 0) is 25.6 Å². The molecule has 6 N–H and O–H groups in total. The predicted octanol–water partition coefficient (Wildman–Crippen LogP) is 3.56. The molecule has 11 nitrogen and oxygen atoms in total. The maximum absolute atomic E-state index is 14.4. The molecule has 1 aromatic carbocycles. The van der Waals surface area contributed by atoms with Crippen LogP contribution in [0.4, 0.5) is 4.79 Å². The van der Waals surface area contributed by atoms with E-state index in [1.165, 1.54) is 0 Å². The number of fused-ring (bicyclic) bond motifs is 1. The number of nitrogens with one attached hydrogen (secondary N) is 3. The summed E-state index contributed by atoms with van der Waals surface area (Å²) in [5.74, 6) is -2.30. The van der Waals surface area contributed by atoms with Crippen molar-refractivity contribution in [3.63, 3.8) is 0 Å². The van der Waals surface area contributed by atoms with Crippen LogP contribution in [0.5, 0.6) is 5.75 Å². The van der Waals surface area contributed by atoms with Crippen molar-refractivity contribution in [3.05, 3.63) is 29.8 Å². The van der Waals surface area contributed by atoms with E-state index in [0.717, 1.165) is 56.9 Å². The van der Waals surface area contributed by atoms with E-state index in [2.05, 4.69) is 29.8 Å². The molecule has 3 saturated carbocycles. The number of Topliss-reactive ketones (excluding diaryl/α,β-unsaturated/α-hetero) is 1. The summed E-state index contributed by atoms with van der Waals surface area (Å²) in [7, 11) is 0. The summed E-state index contributed by atoms with van der Waals surface area (Å²) < 4.78 is 0. The fourth-order valence-electron chi connectivity index (χ4n) is 8.39. The predicted molar refractivity (Wildman–Crippen MR) is 177 cm³/mol. The molecule has 0 spiro atoms. The zero-order valence-electron chi connectivity index (χ0n) is 28.6. The molecular formula is C36H53N5O6. The van der Waals surface area contributed by atoms with Crippen LogP contribution in [-0.4, -0.2) is 69.8 Å². The number of nitrogens with zero attached hydrogens (tertiary/aromatic N) is 1. The molecule has 1 heterocycles. The number of carbonyl (C=O) groups is 5. The summed E-state index contributed by atoms with van der Waals surface area (Å²) in [6.07, 6.45) is 8.38. The highest BCUT2D eigenvalue weighted by molar-refractivity contribution is 6.37. The molecule has 11 heteroatoms. The Morgan fingerprint density at radius 2 is 1.70 bits per heavy atom. The number of piperidine rings is 1. The minimum Gasteiger partial charge on any atom is -0.508 e. The number of ketones is 1. The normalized spacial score (nSPS) is 25.8. The Morgan fingerprint density at radius 1 is 1.02 bits per heavy atom. The van der Waals surface area contributed by atoms with Gasteiger partial charge in [0, 0.05) is 12.1 Å². The molecule has 3 aliphatic carbocycles. The standard InChI is InChI=1S/C36H53N5O6/c1-34(2,3)29(39-33(47)40-36(15-7-6-8-16-36)19-22-13-10-14-23(42)17-22)32(46)41-20-24-26(35(24,4)5)27(41)31(45)38-25(28(43)30(37)44)18-21-11-9-12-21/h10,13-14,17,21,24-27,29,42H,6-9,11-12,15-16,18-20H2,1-5H3,(H2,37,44)(H,38,45)(H2,39,40,47)/t24?,25?,26-,27-,29+/m0/s1. The number of phenols is 1. The lowest BCUT2D eigenvalue weighted by molar-refractivity contribution is -0.145. The Kier molecular flexibility index (Phi) is 9.68. The first kappa shape index (κ1) is 34.7. The van der Waals surface area contributed by atoms with Gasteiger partial charge in [0.05, 0.1) is 6.04 Å². The average Bonchev–Trinajstić information content (AvgIpc) is 3.28. The first-order chi connectivity index (χ1) is 22.0. The highest BCUT2D eigenvalue weighted by Crippen LogP contribution is 2.65. The van der Waals surface area contributed by atoms with Crippen LogP contribution < -0.4 is 21.7 Å². The number of hydrogen-bond acceptors (Lipinski definition) is 6. The molecule has 0 aromatic heterocycles. The SMILES string of the molecule is CC(C)(C)[C@H](NC(=O)NC1(Cc2cccc(O)c2)CCCCC1)C(=O)N1CC2[C@@H]([C@H]1C(=O)NC(CC1CCC1)C(=O)C(N)=O)C2(C)C. The van der Waals surface area contributed by atoms with E-state index >= 15 is 0 Å². The largest absolute Gasteiger partial charge is 0.508 e. The van der Waals surface area contributed by atoms with Gasteiger partial charge < -0.3 is 31.7 Å². The lowest BCUT2D eigenvalue weighted by atomic mass is 9.77. The summed E-state index contributed by atoms with van der Waals surface area (Å²) >= 11 is 0. The molecule has 4 aliphatic rings. The number of benzene rings is 1. The third kappa shape index (κ3) is 7.44. The number of urea groups is 1. The average molecular weight is 652 g/mol. The molecule has 4 fully saturated rings. The second-order valence-corrected chi connectivity index (χ2v) is 16.3. The zero-order valence-corrected chi connectivity index (χ0v) is 28.6. The van der Waals surface area contributed by atoms with E-state index in [0.29, 0.717) is 19.4 Å². The van der Waals surface area contributed by atoms with Crippen molar-refractivity contribution in [2.24, 2.45) is 34.3 Å². The van der Waals surface area contributed by atoms with Gasteiger partial charge in [-0.25, -0.2) is 4.79 Å². The minimum atomic E-state index is -1.08. The van der Waals surface area contributed by atoms with Crippen LogP contribution in [0.1, 0.15) is 98.0 Å². The van der Waals surface area contributed by atoms with Crippen LogP contribution in [0.15, 0.2) is 24.3 Å². The fraction of sp³-hybridized carbons (Fsp3) is 0.694. The van der Waals surface area contributed by atoms with Gasteiger partial charge in [0.1, 0.15) is 17.8 Å². The molecule has 1 aliphatic heterocycles. The fourth-order valence-corrected chi connectivity index (χ4v) is 8.39. The minimum absolute atomic E-state index is 0.0985. The summed E-state index contributed by atoms with van der Waals surface area (Å²) in [4.78, 5) is 68.3. The number of primary amides is 1. The molecule has 47 heavy (non-hydrogen) atoms. The van der Waals surface area contributed by atoms with Crippen LogP contribution in [0.2, 0.25) is 0 Å². The van der Waals surface area contributed by atoms with E-state index in [1.54, 1.807) is 23.1 Å². The molecular weight excluding hydrogens is 598 g/mol. The summed E-state index contributed by atoms with van der Waals surface area (Å²) in [5.41, 5.74) is 4.90. The second kappa shape index (κ2) is 13.1. The van der Waals surface area contributed by atoms with Gasteiger partial charge in [-0.3, -0.25) is 19.2 Å². The molecule has 2 unspecified atom stereocenters. The number of phenolic OH excluding ortho intramolecular Hbond substituents is 1. The number of rotatable bonds is 11. The smallest absolute Gasteiger partial charge is 0.315 e. The van der Waals surface area contributed by atoms with Gasteiger partial charge in [0.15, 0.2) is 0 Å². The molecule has 5 rings (SSSR count). The Balaban J connectivity index is 1.34. The van der Waals surface area contributed by atoms with Gasteiger partial charge in [0.2, 0.25) is 17.6 Å². The van der Waals surface area contributed by atoms with Crippen molar-refractivity contribution in [1.82, 2.24) is 20.9 Å². The van der Waals surface area contributed by atoms with E-state index in [4.69, 9.17) is 5.73 Å². The summed E-state index contributed by atoms with van der Waals surface area (Å²) in [6.45, 7) is 10.2. The van der Waals surface area contributed by atoms with E-state index in [-0.39, 0.29) is 34.8 Å². The number of amides is 5. The van der Waals surface area contributed by atoms with Crippen molar-refractivity contribution in [1.29, 1.82) is 0 Å². The van der Waals surface area contributed by atoms with Crippen LogP contribution >= 0.6 is 0 Å². The highest BCUT2D eigenvalue weighted by Gasteiger charge is 2.70. The van der Waals surface area contributed by atoms with Gasteiger partial charge in [-0.15, -0.1) is 0 Å². The molecule has 5 atom stereocenters. The molecule has 1 saturated heterocycles. The number of likely N-dealkylation sites (tertiary alicyclic amines) is 1. The Labute approximate surface area is 278 Å². The van der Waals surface area contributed by atoms with Gasteiger partial charge in [0.25, 0.3) is 5.91 Å². The lowest BCUT2D eigenvalue weighted by Gasteiger charge is -2.41. The molecule has 258 valence electrons. The maximum atomic E-state index is 14.4. The monoisotopic (exact) mass is 651 g/mol. The molecule has 5 amide bonds. The van der Waals surface area contributed by atoms with Gasteiger partial charge in [-0.1, -0.05) is 85.3 Å². The quantitative estimate of drug-likeness (QED) is 0.229. The van der Waals surface area contributed by atoms with Crippen molar-refractivity contribution < 1.29 is 29.1 Å². The van der Waals surface area contributed by atoms with Crippen molar-refractivity contribution >= 4 is 29.5 Å². The van der Waals surface area contributed by atoms with E-state index in [9.17, 15) is 29.1 Å². The van der Waals surface area contributed by atoms with Crippen molar-refractivity contribution in [2.45, 2.75) is 122 Å². The molecule has 1 aromatic rings. The number of hydrogen-bond donors (Lipinski definition) is 5. The second-order valence-electron chi connectivity index (χ2n) is 16.3. The molecule has 0 radical (unpaired) electrons. The van der Waals surface area contributed by atoms with Crippen LogP contribution in [0.3, 0.4) is 0 Å². The number of carbonyl (C=O) groups excluding carboxylic acids is 5. The van der Waals surface area contributed by atoms with E-state index in [1.807, 2.05) is 26.8 Å². The first-order valence-electron chi connectivity index (χ1n) is 17.3. The van der Waals surface area contributed by atoms with Gasteiger partial charge in [-0.2, -0.15) is 0 Å². The third-order valence-corrected chi connectivity index (χ3v) is 11.5. The summed E-state index contributed by atoms with van der Waals surface area (Å²) in [6, 6.07) is 3.84. The van der Waals surface area contributed by atoms with Crippen LogP contribution in [0, 0.1) is 28.6 Å². The van der Waals surface area contributed by atoms with Crippen molar-refractivity contribution in [3.8, 4) is 5.75 Å². The highest BCUT2D eigenvalue weighted by atomic mass is 16.3.